The summed E-state index contributed by atoms with van der Waals surface area (Å²) in [4.78, 5) is 39.6. The molecule has 2 fully saturated rings. The Labute approximate surface area is 209 Å². The lowest BCUT2D eigenvalue weighted by Gasteiger charge is -2.37. The standard InChI is InChI=1S/C27H32FN3O5/c1-17-2-4-18(5-3-17)15-31-13-11-24(26(31)33)30-12-10-21(22(28)16-30)19-6-8-20(9-7-19)36-25(32)14-23(29)27(34)35/h2-9,21-24H,10-16,29H2,1H3,(H,34,35)/p+1/t21-,22+,23-,24+/m0/s1. The van der Waals surface area contributed by atoms with Crippen LogP contribution in [-0.2, 0) is 20.9 Å². The van der Waals surface area contributed by atoms with Crippen molar-refractivity contribution in [3.05, 3.63) is 65.2 Å². The first-order valence-electron chi connectivity index (χ1n) is 12.3. The molecule has 2 heterocycles. The van der Waals surface area contributed by atoms with Gasteiger partial charge >= 0.3 is 11.9 Å². The van der Waals surface area contributed by atoms with E-state index in [9.17, 15) is 14.4 Å². The molecule has 2 aromatic rings. The molecule has 192 valence electrons. The minimum atomic E-state index is -1.17. The van der Waals surface area contributed by atoms with Crippen LogP contribution in [0.1, 0.15) is 41.9 Å². The fourth-order valence-corrected chi connectivity index (χ4v) is 4.96. The van der Waals surface area contributed by atoms with Crippen LogP contribution >= 0.6 is 0 Å². The van der Waals surface area contributed by atoms with E-state index in [1.54, 1.807) is 24.3 Å². The number of carbonyl (C=O) groups excluding carboxylic acids is 2. The summed E-state index contributed by atoms with van der Waals surface area (Å²) in [6, 6.07) is 13.5. The number of nitrogens with zero attached hydrogens (tertiary/aromatic N) is 2. The summed E-state index contributed by atoms with van der Waals surface area (Å²) in [6.45, 7) is 4.13. The number of aryl methyl sites for hydroxylation is 1. The van der Waals surface area contributed by atoms with E-state index in [0.717, 1.165) is 11.1 Å². The van der Waals surface area contributed by atoms with Gasteiger partial charge < -0.3 is 20.5 Å². The van der Waals surface area contributed by atoms with E-state index in [1.165, 1.54) is 5.56 Å². The molecule has 9 heteroatoms. The molecule has 0 bridgehead atoms. The first-order valence-corrected chi connectivity index (χ1v) is 12.3. The highest BCUT2D eigenvalue weighted by molar-refractivity contribution is 5.84. The summed E-state index contributed by atoms with van der Waals surface area (Å²) in [6.07, 6.45) is -0.152. The molecular weight excluding hydrogens is 465 g/mol. The molecule has 0 saturated carbocycles. The predicted octanol–water partition coefficient (Wildman–Crippen LogP) is 1.91. The number of alkyl halides is 1. The van der Waals surface area contributed by atoms with E-state index in [1.807, 2.05) is 41.0 Å². The molecule has 2 aliphatic heterocycles. The van der Waals surface area contributed by atoms with Crippen LogP contribution in [0.4, 0.5) is 4.39 Å². The third-order valence-corrected chi connectivity index (χ3v) is 7.08. The Balaban J connectivity index is 1.30. The van der Waals surface area contributed by atoms with E-state index in [2.05, 4.69) is 5.73 Å². The highest BCUT2D eigenvalue weighted by atomic mass is 19.1. The number of likely N-dealkylation sites (tertiary alicyclic amines) is 2. The van der Waals surface area contributed by atoms with Gasteiger partial charge in [-0.25, -0.2) is 9.18 Å². The predicted molar refractivity (Wildman–Crippen MR) is 130 cm³/mol. The zero-order valence-electron chi connectivity index (χ0n) is 20.4. The van der Waals surface area contributed by atoms with Crippen molar-refractivity contribution in [2.45, 2.75) is 56.9 Å². The third kappa shape index (κ3) is 6.09. The molecule has 0 radical (unpaired) electrons. The summed E-state index contributed by atoms with van der Waals surface area (Å²) < 4.78 is 20.4. The number of rotatable bonds is 8. The molecule has 0 aromatic heterocycles. The largest absolute Gasteiger partial charge is 0.477 e. The highest BCUT2D eigenvalue weighted by Gasteiger charge is 2.40. The minimum Gasteiger partial charge on any atom is -0.477 e. The molecule has 2 aliphatic rings. The lowest BCUT2D eigenvalue weighted by Crippen LogP contribution is -2.65. The van der Waals surface area contributed by atoms with Gasteiger partial charge in [-0.1, -0.05) is 42.0 Å². The van der Waals surface area contributed by atoms with Crippen molar-refractivity contribution in [3.63, 3.8) is 0 Å². The van der Waals surface area contributed by atoms with Gasteiger partial charge in [0, 0.05) is 25.6 Å². The van der Waals surface area contributed by atoms with Crippen molar-refractivity contribution in [2.75, 3.05) is 19.6 Å². The van der Waals surface area contributed by atoms with Gasteiger partial charge in [-0.15, -0.1) is 0 Å². The third-order valence-electron chi connectivity index (χ3n) is 7.08. The number of ether oxygens (including phenoxy) is 1. The lowest BCUT2D eigenvalue weighted by atomic mass is 9.87. The molecule has 4 atom stereocenters. The van der Waals surface area contributed by atoms with Crippen LogP contribution < -0.4 is 10.5 Å². The van der Waals surface area contributed by atoms with Gasteiger partial charge in [-0.05, 0) is 49.6 Å². The summed E-state index contributed by atoms with van der Waals surface area (Å²) in [5.41, 5.74) is 6.48. The number of esters is 1. The molecule has 4 N–H and O–H groups in total. The van der Waals surface area contributed by atoms with Crippen LogP contribution in [0.15, 0.2) is 48.5 Å². The highest BCUT2D eigenvalue weighted by Crippen LogP contribution is 2.34. The Hall–Kier alpha value is -3.30. The molecule has 36 heavy (non-hydrogen) atoms. The molecule has 1 amide bonds. The molecule has 0 aliphatic carbocycles. The Kier molecular flexibility index (Phi) is 8.01. The Bertz CT molecular complexity index is 1090. The second kappa shape index (κ2) is 11.2. The maximum absolute atomic E-state index is 15.3. The Morgan fingerprint density at radius 3 is 2.44 bits per heavy atom. The second-order valence-electron chi connectivity index (χ2n) is 9.74. The van der Waals surface area contributed by atoms with Crippen LogP contribution in [0, 0.1) is 6.92 Å². The van der Waals surface area contributed by atoms with Gasteiger partial charge in [0.05, 0.1) is 6.04 Å². The number of benzene rings is 2. The Morgan fingerprint density at radius 1 is 1.11 bits per heavy atom. The molecule has 8 nitrogen and oxygen atoms in total. The average Bonchev–Trinajstić information content (AvgIpc) is 3.20. The number of quaternary nitrogens is 1. The van der Waals surface area contributed by atoms with Crippen molar-refractivity contribution < 1.29 is 34.4 Å². The SMILES string of the molecule is Cc1ccc(CN2CC[C@@H](N3CC[C@@H](c4ccc(OC(=O)C[C@H]([NH3+])C(=O)O)cc4)[C@H](F)C3)C2=O)cc1. The number of amides is 1. The van der Waals surface area contributed by atoms with E-state index in [4.69, 9.17) is 9.84 Å². The summed E-state index contributed by atoms with van der Waals surface area (Å²) >= 11 is 0. The summed E-state index contributed by atoms with van der Waals surface area (Å²) in [5.74, 6) is -1.80. The van der Waals surface area contributed by atoms with Crippen molar-refractivity contribution >= 4 is 17.8 Å². The van der Waals surface area contributed by atoms with E-state index >= 15 is 4.39 Å². The zero-order chi connectivity index (χ0) is 25.8. The maximum Gasteiger partial charge on any atom is 0.362 e. The van der Waals surface area contributed by atoms with Gasteiger partial charge in [0.2, 0.25) is 5.91 Å². The van der Waals surface area contributed by atoms with Crippen molar-refractivity contribution in [1.29, 1.82) is 0 Å². The van der Waals surface area contributed by atoms with Crippen LogP contribution in [0.3, 0.4) is 0 Å². The molecule has 2 saturated heterocycles. The molecular formula is C27H33FN3O5+. The number of halogens is 1. The number of hydrogen-bond donors (Lipinski definition) is 2. The maximum atomic E-state index is 15.3. The van der Waals surface area contributed by atoms with E-state index in [0.29, 0.717) is 32.5 Å². The van der Waals surface area contributed by atoms with Gasteiger partial charge in [-0.2, -0.15) is 0 Å². The van der Waals surface area contributed by atoms with Crippen LogP contribution in [-0.4, -0.2) is 70.6 Å². The quantitative estimate of drug-likeness (QED) is 0.425. The second-order valence-corrected chi connectivity index (χ2v) is 9.74. The smallest absolute Gasteiger partial charge is 0.362 e. The van der Waals surface area contributed by atoms with E-state index in [-0.39, 0.29) is 36.6 Å². The summed E-state index contributed by atoms with van der Waals surface area (Å²) in [7, 11) is 0. The number of carbonyl (C=O) groups is 3. The number of piperidine rings is 1. The van der Waals surface area contributed by atoms with Gasteiger partial charge in [0.15, 0.2) is 6.04 Å². The van der Waals surface area contributed by atoms with E-state index < -0.39 is 24.2 Å². The van der Waals surface area contributed by atoms with Crippen molar-refractivity contribution in [1.82, 2.24) is 9.80 Å². The zero-order valence-corrected chi connectivity index (χ0v) is 20.4. The first-order chi connectivity index (χ1) is 17.2. The number of carboxylic acids is 1. The van der Waals surface area contributed by atoms with Gasteiger partial charge in [0.25, 0.3) is 0 Å². The van der Waals surface area contributed by atoms with Gasteiger partial charge in [-0.3, -0.25) is 14.5 Å². The normalized spacial score (nSPS) is 23.5. The van der Waals surface area contributed by atoms with Gasteiger partial charge in [0.1, 0.15) is 18.3 Å². The number of aliphatic carboxylic acids is 1. The molecule has 0 spiro atoms. The fourth-order valence-electron chi connectivity index (χ4n) is 4.96. The van der Waals surface area contributed by atoms with Crippen LogP contribution in [0.25, 0.3) is 0 Å². The molecule has 2 aromatic carbocycles. The lowest BCUT2D eigenvalue weighted by molar-refractivity contribution is -0.406. The van der Waals surface area contributed by atoms with Crippen LogP contribution in [0.2, 0.25) is 0 Å². The van der Waals surface area contributed by atoms with Crippen molar-refractivity contribution in [3.8, 4) is 5.75 Å². The average molecular weight is 499 g/mol. The Morgan fingerprint density at radius 2 is 1.81 bits per heavy atom. The fraction of sp³-hybridized carbons (Fsp3) is 0.444. The molecule has 4 rings (SSSR count). The topological polar surface area (TPSA) is 115 Å². The number of hydrogen-bond acceptors (Lipinski definition) is 5. The minimum absolute atomic E-state index is 0.0693. The monoisotopic (exact) mass is 498 g/mol. The summed E-state index contributed by atoms with van der Waals surface area (Å²) in [5, 5.41) is 8.86. The number of carboxylic acid groups (broad SMARTS) is 1. The van der Waals surface area contributed by atoms with Crippen molar-refractivity contribution in [2.24, 2.45) is 0 Å². The molecule has 0 unspecified atom stereocenters. The first kappa shape index (κ1) is 25.8. The van der Waals surface area contributed by atoms with Crippen LogP contribution in [0.5, 0.6) is 5.75 Å².